The van der Waals surface area contributed by atoms with E-state index in [0.717, 1.165) is 18.4 Å². The minimum absolute atomic E-state index is 0.0356. The number of ether oxygens (including phenoxy) is 1. The molecule has 1 aliphatic rings. The van der Waals surface area contributed by atoms with Crippen molar-refractivity contribution in [3.05, 3.63) is 35.4 Å². The van der Waals surface area contributed by atoms with Crippen LogP contribution in [0.25, 0.3) is 0 Å². The Balaban J connectivity index is 2.10. The van der Waals surface area contributed by atoms with Crippen LogP contribution in [0, 0.1) is 12.8 Å². The van der Waals surface area contributed by atoms with E-state index < -0.39 is 5.97 Å². The van der Waals surface area contributed by atoms with Crippen LogP contribution in [0.1, 0.15) is 36.5 Å². The van der Waals surface area contributed by atoms with Crippen LogP contribution >= 0.6 is 0 Å². The quantitative estimate of drug-likeness (QED) is 0.907. The van der Waals surface area contributed by atoms with Crippen molar-refractivity contribution in [1.29, 1.82) is 0 Å². The summed E-state index contributed by atoms with van der Waals surface area (Å²) in [5.74, 6) is -1.17. The van der Waals surface area contributed by atoms with Gasteiger partial charge in [-0.05, 0) is 25.3 Å². The zero-order valence-corrected chi connectivity index (χ0v) is 13.1. The highest BCUT2D eigenvalue weighted by Gasteiger charge is 2.34. The summed E-state index contributed by atoms with van der Waals surface area (Å²) in [6, 6.07) is 8.04. The number of carbonyl (C=O) groups is 2. The van der Waals surface area contributed by atoms with Crippen LogP contribution in [0.4, 0.5) is 0 Å². The van der Waals surface area contributed by atoms with Crippen LogP contribution < -0.4 is 0 Å². The summed E-state index contributed by atoms with van der Waals surface area (Å²) in [4.78, 5) is 24.8. The Morgan fingerprint density at radius 1 is 1.32 bits per heavy atom. The number of carboxylic acid groups (broad SMARTS) is 1. The zero-order chi connectivity index (χ0) is 16.1. The van der Waals surface area contributed by atoms with Gasteiger partial charge in [0.05, 0.1) is 18.4 Å². The fourth-order valence-corrected chi connectivity index (χ4v) is 2.78. The van der Waals surface area contributed by atoms with Gasteiger partial charge < -0.3 is 14.7 Å². The molecule has 1 aromatic rings. The van der Waals surface area contributed by atoms with E-state index in [0.29, 0.717) is 6.61 Å². The molecule has 0 aliphatic carbocycles. The van der Waals surface area contributed by atoms with Crippen molar-refractivity contribution in [2.75, 3.05) is 20.2 Å². The minimum Gasteiger partial charge on any atom is -0.481 e. The Morgan fingerprint density at radius 2 is 2.00 bits per heavy atom. The molecule has 2 unspecified atom stereocenters. The van der Waals surface area contributed by atoms with Crippen molar-refractivity contribution in [3.63, 3.8) is 0 Å². The van der Waals surface area contributed by atoms with E-state index in [9.17, 15) is 9.59 Å². The Hall–Kier alpha value is -1.88. The standard InChI is InChI=1S/C17H23NO4/c1-12-5-7-13(8-6-12)16-14(4-3-11-22-16)17(21)18(2)10-9-15(19)20/h5-8,14,16H,3-4,9-11H2,1-2H3,(H,19,20). The van der Waals surface area contributed by atoms with Gasteiger partial charge in [0.1, 0.15) is 0 Å². The molecule has 2 rings (SSSR count). The summed E-state index contributed by atoms with van der Waals surface area (Å²) in [6.07, 6.45) is 1.35. The fraction of sp³-hybridized carbons (Fsp3) is 0.529. The summed E-state index contributed by atoms with van der Waals surface area (Å²) >= 11 is 0. The van der Waals surface area contributed by atoms with Gasteiger partial charge >= 0.3 is 5.97 Å². The average molecular weight is 305 g/mol. The first kappa shape index (κ1) is 16.5. The van der Waals surface area contributed by atoms with Gasteiger partial charge in [-0.1, -0.05) is 29.8 Å². The van der Waals surface area contributed by atoms with Gasteiger partial charge in [0.2, 0.25) is 5.91 Å². The van der Waals surface area contributed by atoms with Gasteiger partial charge in [0.25, 0.3) is 0 Å². The lowest BCUT2D eigenvalue weighted by Gasteiger charge is -2.33. The number of carboxylic acids is 1. The van der Waals surface area contributed by atoms with Gasteiger partial charge in [0.15, 0.2) is 0 Å². The molecular formula is C17H23NO4. The largest absolute Gasteiger partial charge is 0.481 e. The third-order valence-corrected chi connectivity index (χ3v) is 4.08. The Kier molecular flexibility index (Phi) is 5.55. The lowest BCUT2D eigenvalue weighted by molar-refractivity contribution is -0.145. The van der Waals surface area contributed by atoms with Gasteiger partial charge in [-0.25, -0.2) is 0 Å². The Bertz CT molecular complexity index is 526. The van der Waals surface area contributed by atoms with Crippen molar-refractivity contribution in [3.8, 4) is 0 Å². The second-order valence-corrected chi connectivity index (χ2v) is 5.85. The molecular weight excluding hydrogens is 282 g/mol. The number of hydrogen-bond acceptors (Lipinski definition) is 3. The van der Waals surface area contributed by atoms with Gasteiger partial charge in [-0.2, -0.15) is 0 Å². The zero-order valence-electron chi connectivity index (χ0n) is 13.1. The van der Waals surface area contributed by atoms with Crippen molar-refractivity contribution in [2.45, 2.75) is 32.3 Å². The first-order chi connectivity index (χ1) is 10.5. The first-order valence-corrected chi connectivity index (χ1v) is 7.64. The molecule has 1 aliphatic heterocycles. The topological polar surface area (TPSA) is 66.8 Å². The van der Waals surface area contributed by atoms with Crippen LogP contribution in [0.3, 0.4) is 0 Å². The number of carbonyl (C=O) groups excluding carboxylic acids is 1. The molecule has 1 amide bonds. The smallest absolute Gasteiger partial charge is 0.305 e. The summed E-state index contributed by atoms with van der Waals surface area (Å²) in [7, 11) is 1.66. The Labute approximate surface area is 130 Å². The molecule has 1 heterocycles. The van der Waals surface area contributed by atoms with E-state index in [4.69, 9.17) is 9.84 Å². The summed E-state index contributed by atoms with van der Waals surface area (Å²) in [6.45, 7) is 2.90. The molecule has 1 fully saturated rings. The van der Waals surface area contributed by atoms with Crippen molar-refractivity contribution >= 4 is 11.9 Å². The minimum atomic E-state index is -0.894. The second-order valence-electron chi connectivity index (χ2n) is 5.85. The number of rotatable bonds is 5. The second kappa shape index (κ2) is 7.40. The van der Waals surface area contributed by atoms with Crippen molar-refractivity contribution in [1.82, 2.24) is 4.90 Å². The number of nitrogens with zero attached hydrogens (tertiary/aromatic N) is 1. The molecule has 1 saturated heterocycles. The van der Waals surface area contributed by atoms with Crippen molar-refractivity contribution < 1.29 is 19.4 Å². The molecule has 0 radical (unpaired) electrons. The SMILES string of the molecule is Cc1ccc(C2OCCCC2C(=O)N(C)CCC(=O)O)cc1. The summed E-state index contributed by atoms with van der Waals surface area (Å²) in [5.41, 5.74) is 2.18. The maximum atomic E-state index is 12.6. The highest BCUT2D eigenvalue weighted by atomic mass is 16.5. The normalized spacial score (nSPS) is 21.4. The van der Waals surface area contributed by atoms with Crippen LogP contribution in [-0.2, 0) is 14.3 Å². The molecule has 0 spiro atoms. The van der Waals surface area contributed by atoms with E-state index in [1.807, 2.05) is 31.2 Å². The summed E-state index contributed by atoms with van der Waals surface area (Å²) < 4.78 is 5.85. The molecule has 0 bridgehead atoms. The maximum absolute atomic E-state index is 12.6. The van der Waals surface area contributed by atoms with Crippen LogP contribution in [-0.4, -0.2) is 42.1 Å². The highest BCUT2D eigenvalue weighted by Crippen LogP contribution is 2.34. The third-order valence-electron chi connectivity index (χ3n) is 4.08. The lowest BCUT2D eigenvalue weighted by atomic mass is 9.88. The fourth-order valence-electron chi connectivity index (χ4n) is 2.78. The predicted molar refractivity (Wildman–Crippen MR) is 82.5 cm³/mol. The lowest BCUT2D eigenvalue weighted by Crippen LogP contribution is -2.39. The van der Waals surface area contributed by atoms with E-state index in [2.05, 4.69) is 0 Å². The van der Waals surface area contributed by atoms with Crippen LogP contribution in [0.2, 0.25) is 0 Å². The number of hydrogen-bond donors (Lipinski definition) is 1. The first-order valence-electron chi connectivity index (χ1n) is 7.64. The van der Waals surface area contributed by atoms with Gasteiger partial charge in [0, 0.05) is 20.2 Å². The van der Waals surface area contributed by atoms with E-state index in [1.54, 1.807) is 7.05 Å². The monoisotopic (exact) mass is 305 g/mol. The highest BCUT2D eigenvalue weighted by molar-refractivity contribution is 5.80. The summed E-state index contributed by atoms with van der Waals surface area (Å²) in [5, 5.41) is 8.75. The molecule has 0 aromatic heterocycles. The van der Waals surface area contributed by atoms with E-state index in [-0.39, 0.29) is 30.9 Å². The third kappa shape index (κ3) is 4.07. The number of aliphatic carboxylic acids is 1. The van der Waals surface area contributed by atoms with Crippen molar-refractivity contribution in [2.24, 2.45) is 5.92 Å². The maximum Gasteiger partial charge on any atom is 0.305 e. The predicted octanol–water partition coefficient (Wildman–Crippen LogP) is 2.40. The van der Waals surface area contributed by atoms with Gasteiger partial charge in [-0.3, -0.25) is 9.59 Å². The number of benzene rings is 1. The molecule has 1 N–H and O–H groups in total. The van der Waals surface area contributed by atoms with E-state index >= 15 is 0 Å². The number of amides is 1. The molecule has 2 atom stereocenters. The van der Waals surface area contributed by atoms with Crippen LogP contribution in [0.15, 0.2) is 24.3 Å². The molecule has 120 valence electrons. The molecule has 5 heteroatoms. The molecule has 0 saturated carbocycles. The number of aryl methyl sites for hydroxylation is 1. The Morgan fingerprint density at radius 3 is 2.64 bits per heavy atom. The van der Waals surface area contributed by atoms with E-state index in [1.165, 1.54) is 10.5 Å². The van der Waals surface area contributed by atoms with Crippen LogP contribution in [0.5, 0.6) is 0 Å². The molecule has 1 aromatic carbocycles. The molecule has 5 nitrogen and oxygen atoms in total. The average Bonchev–Trinajstić information content (AvgIpc) is 2.52. The van der Waals surface area contributed by atoms with Gasteiger partial charge in [-0.15, -0.1) is 0 Å². The molecule has 22 heavy (non-hydrogen) atoms.